The number of aromatic nitrogens is 5. The molecule has 0 aliphatic heterocycles. The lowest BCUT2D eigenvalue weighted by atomic mass is 10.1. The van der Waals surface area contributed by atoms with Gasteiger partial charge in [0.05, 0.1) is 5.69 Å². The third-order valence-electron chi connectivity index (χ3n) is 4.25. The highest BCUT2D eigenvalue weighted by atomic mass is 16.4. The van der Waals surface area contributed by atoms with Crippen LogP contribution in [0.2, 0.25) is 0 Å². The molecule has 0 saturated carbocycles. The van der Waals surface area contributed by atoms with Crippen molar-refractivity contribution in [2.75, 3.05) is 7.05 Å². The smallest absolute Gasteiger partial charge is 0.356 e. The van der Waals surface area contributed by atoms with E-state index in [1.54, 1.807) is 24.3 Å². The van der Waals surface area contributed by atoms with E-state index < -0.39 is 5.97 Å². The Morgan fingerprint density at radius 2 is 2.04 bits per heavy atom. The third-order valence-corrected chi connectivity index (χ3v) is 4.25. The average molecular weight is 340 g/mol. The standard InChI is InChI=1S/C17H20N6O2/c1-12(13-4-6-15(7-5-13)23-11-18-10-19-23)21(2)8-14-9-22(3)20-16(14)17(24)25/h4-7,9-12H,8H2,1-3H3,(H,24,25). The summed E-state index contributed by atoms with van der Waals surface area (Å²) in [6.07, 6.45) is 4.90. The largest absolute Gasteiger partial charge is 0.476 e. The average Bonchev–Trinajstić information content (AvgIpc) is 3.24. The summed E-state index contributed by atoms with van der Waals surface area (Å²) in [5, 5.41) is 17.4. The van der Waals surface area contributed by atoms with Crippen LogP contribution in [0.15, 0.2) is 43.1 Å². The van der Waals surface area contributed by atoms with Gasteiger partial charge in [0.1, 0.15) is 12.7 Å². The molecule has 8 nitrogen and oxygen atoms in total. The molecule has 1 atom stereocenters. The van der Waals surface area contributed by atoms with Crippen molar-refractivity contribution in [1.82, 2.24) is 29.4 Å². The van der Waals surface area contributed by atoms with Gasteiger partial charge in [-0.15, -0.1) is 0 Å². The zero-order chi connectivity index (χ0) is 18.0. The van der Waals surface area contributed by atoms with Crippen LogP contribution in [-0.4, -0.2) is 47.6 Å². The van der Waals surface area contributed by atoms with Gasteiger partial charge in [-0.3, -0.25) is 9.58 Å². The van der Waals surface area contributed by atoms with Crippen molar-refractivity contribution in [3.05, 3.63) is 59.9 Å². The maximum atomic E-state index is 11.3. The fourth-order valence-electron chi connectivity index (χ4n) is 2.74. The first-order valence-electron chi connectivity index (χ1n) is 7.86. The Morgan fingerprint density at radius 1 is 1.32 bits per heavy atom. The number of rotatable bonds is 6. The fraction of sp³-hybridized carbons (Fsp3) is 0.294. The molecule has 0 saturated heterocycles. The molecule has 8 heteroatoms. The van der Waals surface area contributed by atoms with E-state index in [1.165, 1.54) is 11.0 Å². The Balaban J connectivity index is 1.74. The molecule has 0 fully saturated rings. The maximum Gasteiger partial charge on any atom is 0.356 e. The highest BCUT2D eigenvalue weighted by molar-refractivity contribution is 5.86. The molecule has 25 heavy (non-hydrogen) atoms. The predicted octanol–water partition coefficient (Wildman–Crippen LogP) is 1.89. The van der Waals surface area contributed by atoms with Crippen molar-refractivity contribution in [2.45, 2.75) is 19.5 Å². The number of aromatic carboxylic acids is 1. The van der Waals surface area contributed by atoms with Gasteiger partial charge in [0.2, 0.25) is 0 Å². The lowest BCUT2D eigenvalue weighted by Crippen LogP contribution is -2.22. The molecule has 130 valence electrons. The molecule has 1 aromatic carbocycles. The van der Waals surface area contributed by atoms with Crippen LogP contribution < -0.4 is 0 Å². The Morgan fingerprint density at radius 3 is 2.64 bits per heavy atom. The van der Waals surface area contributed by atoms with Gasteiger partial charge in [0.15, 0.2) is 5.69 Å². The summed E-state index contributed by atoms with van der Waals surface area (Å²) in [6.45, 7) is 2.59. The van der Waals surface area contributed by atoms with Crippen LogP contribution in [-0.2, 0) is 13.6 Å². The summed E-state index contributed by atoms with van der Waals surface area (Å²) in [4.78, 5) is 17.3. The van der Waals surface area contributed by atoms with Crippen molar-refractivity contribution in [1.29, 1.82) is 0 Å². The summed E-state index contributed by atoms with van der Waals surface area (Å²) in [5.41, 5.74) is 2.87. The molecule has 0 amide bonds. The Bertz CT molecular complexity index is 854. The molecular weight excluding hydrogens is 320 g/mol. The minimum atomic E-state index is -1.01. The zero-order valence-corrected chi connectivity index (χ0v) is 14.4. The van der Waals surface area contributed by atoms with Crippen molar-refractivity contribution in [3.8, 4) is 5.69 Å². The molecule has 2 heterocycles. The predicted molar refractivity (Wildman–Crippen MR) is 91.4 cm³/mol. The molecule has 0 aliphatic rings. The molecule has 0 spiro atoms. The molecular formula is C17H20N6O2. The SMILES string of the molecule is CC(c1ccc(-n2cncn2)cc1)N(C)Cc1cn(C)nc1C(=O)O. The number of hydrogen-bond donors (Lipinski definition) is 1. The van der Waals surface area contributed by atoms with E-state index in [0.717, 1.165) is 11.3 Å². The van der Waals surface area contributed by atoms with E-state index in [-0.39, 0.29) is 11.7 Å². The molecule has 1 N–H and O–H groups in total. The Hall–Kier alpha value is -3.00. The van der Waals surface area contributed by atoms with Gasteiger partial charge in [0.25, 0.3) is 0 Å². The van der Waals surface area contributed by atoms with Gasteiger partial charge in [-0.1, -0.05) is 12.1 Å². The Kier molecular flexibility index (Phi) is 4.62. The van der Waals surface area contributed by atoms with Crippen LogP contribution in [0.25, 0.3) is 5.69 Å². The van der Waals surface area contributed by atoms with Crippen LogP contribution in [0.1, 0.15) is 34.6 Å². The topological polar surface area (TPSA) is 89.1 Å². The summed E-state index contributed by atoms with van der Waals surface area (Å²) in [7, 11) is 3.69. The number of nitrogens with zero attached hydrogens (tertiary/aromatic N) is 6. The van der Waals surface area contributed by atoms with Crippen LogP contribution in [0.4, 0.5) is 0 Å². The lowest BCUT2D eigenvalue weighted by Gasteiger charge is -2.25. The molecule has 0 aliphatic carbocycles. The first-order valence-corrected chi connectivity index (χ1v) is 7.86. The summed E-state index contributed by atoms with van der Waals surface area (Å²) >= 11 is 0. The van der Waals surface area contributed by atoms with E-state index in [9.17, 15) is 9.90 Å². The molecule has 3 rings (SSSR count). The molecule has 1 unspecified atom stereocenters. The van der Waals surface area contributed by atoms with Crippen molar-refractivity contribution < 1.29 is 9.90 Å². The molecule has 3 aromatic rings. The van der Waals surface area contributed by atoms with Gasteiger partial charge >= 0.3 is 5.97 Å². The van der Waals surface area contributed by atoms with Gasteiger partial charge in [0, 0.05) is 31.4 Å². The summed E-state index contributed by atoms with van der Waals surface area (Å²) in [5.74, 6) is -1.01. The van der Waals surface area contributed by atoms with E-state index >= 15 is 0 Å². The first kappa shape index (κ1) is 16.8. The number of carboxylic acids is 1. The zero-order valence-electron chi connectivity index (χ0n) is 14.4. The summed E-state index contributed by atoms with van der Waals surface area (Å²) in [6, 6.07) is 8.17. The molecule has 0 radical (unpaired) electrons. The number of aryl methyl sites for hydroxylation is 1. The van der Waals surface area contributed by atoms with Crippen molar-refractivity contribution in [2.24, 2.45) is 7.05 Å². The van der Waals surface area contributed by atoms with Crippen LogP contribution in [0.5, 0.6) is 0 Å². The van der Waals surface area contributed by atoms with E-state index in [4.69, 9.17) is 0 Å². The minimum Gasteiger partial charge on any atom is -0.476 e. The monoisotopic (exact) mass is 340 g/mol. The first-order chi connectivity index (χ1) is 12.0. The lowest BCUT2D eigenvalue weighted by molar-refractivity contribution is 0.0687. The van der Waals surface area contributed by atoms with Gasteiger partial charge in [-0.2, -0.15) is 10.2 Å². The van der Waals surface area contributed by atoms with Crippen LogP contribution >= 0.6 is 0 Å². The minimum absolute atomic E-state index is 0.100. The second-order valence-corrected chi connectivity index (χ2v) is 6.00. The maximum absolute atomic E-state index is 11.3. The number of carboxylic acid groups (broad SMARTS) is 1. The van der Waals surface area contributed by atoms with Crippen molar-refractivity contribution in [3.63, 3.8) is 0 Å². The van der Waals surface area contributed by atoms with Crippen LogP contribution in [0.3, 0.4) is 0 Å². The Labute approximate surface area is 145 Å². The van der Waals surface area contributed by atoms with Gasteiger partial charge in [-0.05, 0) is 31.7 Å². The van der Waals surface area contributed by atoms with E-state index in [2.05, 4.69) is 27.0 Å². The second kappa shape index (κ2) is 6.86. The molecule has 2 aromatic heterocycles. The highest BCUT2D eigenvalue weighted by Gasteiger charge is 2.19. The number of hydrogen-bond acceptors (Lipinski definition) is 5. The quantitative estimate of drug-likeness (QED) is 0.737. The van der Waals surface area contributed by atoms with Crippen molar-refractivity contribution >= 4 is 5.97 Å². The van der Waals surface area contributed by atoms with Gasteiger partial charge in [-0.25, -0.2) is 14.5 Å². The number of carbonyl (C=O) groups is 1. The third kappa shape index (κ3) is 3.58. The second-order valence-electron chi connectivity index (χ2n) is 6.00. The van der Waals surface area contributed by atoms with Crippen LogP contribution in [0, 0.1) is 0 Å². The van der Waals surface area contributed by atoms with E-state index in [0.29, 0.717) is 12.1 Å². The summed E-state index contributed by atoms with van der Waals surface area (Å²) < 4.78 is 3.23. The number of benzene rings is 1. The fourth-order valence-corrected chi connectivity index (χ4v) is 2.74. The highest BCUT2D eigenvalue weighted by Crippen LogP contribution is 2.22. The molecule has 0 bridgehead atoms. The van der Waals surface area contributed by atoms with Gasteiger partial charge < -0.3 is 5.11 Å². The normalized spacial score (nSPS) is 12.5. The van der Waals surface area contributed by atoms with E-state index in [1.807, 2.05) is 31.3 Å².